The van der Waals surface area contributed by atoms with Gasteiger partial charge in [-0.1, -0.05) is 16.9 Å². The van der Waals surface area contributed by atoms with E-state index in [1.807, 2.05) is 12.1 Å². The smallest absolute Gasteiger partial charge is 0.236 e. The number of rotatable bonds is 6. The number of amides is 1. The third kappa shape index (κ3) is 3.07. The number of aromatic nitrogens is 4. The SMILES string of the molecule is Cc1cc(NC(=O)CSc2nnc(-c3ccco3)n2C2CC2)no1. The van der Waals surface area contributed by atoms with E-state index in [-0.39, 0.29) is 11.7 Å². The number of nitrogens with one attached hydrogen (secondary N) is 1. The standard InChI is InChI=1S/C15H15N5O3S/c1-9-7-12(19-23-9)16-13(21)8-24-15-18-17-14(11-3-2-6-22-11)20(15)10-4-5-10/h2-3,6-7,10H,4-5,8H2,1H3,(H,16,19,21). The molecule has 8 nitrogen and oxygen atoms in total. The first kappa shape index (κ1) is 15.0. The van der Waals surface area contributed by atoms with Crippen LogP contribution >= 0.6 is 11.8 Å². The molecule has 124 valence electrons. The molecule has 0 unspecified atom stereocenters. The number of aryl methyl sites for hydroxylation is 1. The molecular formula is C15H15N5O3S. The fourth-order valence-corrected chi connectivity index (χ4v) is 3.15. The van der Waals surface area contributed by atoms with Crippen molar-refractivity contribution in [2.24, 2.45) is 0 Å². The minimum absolute atomic E-state index is 0.168. The molecule has 1 N–H and O–H groups in total. The first-order valence-corrected chi connectivity index (χ1v) is 8.54. The first-order chi connectivity index (χ1) is 11.7. The van der Waals surface area contributed by atoms with Crippen molar-refractivity contribution in [2.45, 2.75) is 31.0 Å². The molecule has 0 atom stereocenters. The summed E-state index contributed by atoms with van der Waals surface area (Å²) in [6, 6.07) is 5.73. The van der Waals surface area contributed by atoms with Crippen molar-refractivity contribution < 1.29 is 13.7 Å². The van der Waals surface area contributed by atoms with Crippen molar-refractivity contribution in [3.8, 4) is 11.6 Å². The van der Waals surface area contributed by atoms with Crippen LogP contribution in [0, 0.1) is 6.92 Å². The summed E-state index contributed by atoms with van der Waals surface area (Å²) in [5.41, 5.74) is 0. The van der Waals surface area contributed by atoms with Crippen LogP contribution in [-0.4, -0.2) is 31.6 Å². The largest absolute Gasteiger partial charge is 0.461 e. The van der Waals surface area contributed by atoms with Crippen molar-refractivity contribution >= 4 is 23.5 Å². The molecule has 0 radical (unpaired) electrons. The lowest BCUT2D eigenvalue weighted by Gasteiger charge is -2.07. The summed E-state index contributed by atoms with van der Waals surface area (Å²) in [6.45, 7) is 1.77. The van der Waals surface area contributed by atoms with E-state index in [1.54, 1.807) is 19.3 Å². The molecule has 9 heteroatoms. The highest BCUT2D eigenvalue weighted by Gasteiger charge is 2.31. The molecule has 24 heavy (non-hydrogen) atoms. The molecule has 3 heterocycles. The maximum atomic E-state index is 12.0. The van der Waals surface area contributed by atoms with E-state index >= 15 is 0 Å². The minimum atomic E-state index is -0.168. The summed E-state index contributed by atoms with van der Waals surface area (Å²) in [7, 11) is 0. The van der Waals surface area contributed by atoms with Crippen molar-refractivity contribution in [2.75, 3.05) is 11.1 Å². The normalized spacial score (nSPS) is 14.0. The summed E-state index contributed by atoms with van der Waals surface area (Å²) < 4.78 is 12.4. The molecule has 1 aliphatic rings. The quantitative estimate of drug-likeness (QED) is 0.686. The number of nitrogens with zero attached hydrogens (tertiary/aromatic N) is 4. The highest BCUT2D eigenvalue weighted by molar-refractivity contribution is 7.99. The number of hydrogen-bond donors (Lipinski definition) is 1. The van der Waals surface area contributed by atoms with E-state index < -0.39 is 0 Å². The van der Waals surface area contributed by atoms with Gasteiger partial charge in [0.15, 0.2) is 16.7 Å². The van der Waals surface area contributed by atoms with Gasteiger partial charge in [-0.25, -0.2) is 0 Å². The third-order valence-electron chi connectivity index (χ3n) is 3.55. The zero-order valence-electron chi connectivity index (χ0n) is 12.9. The van der Waals surface area contributed by atoms with Gasteiger partial charge in [-0.05, 0) is 31.9 Å². The highest BCUT2D eigenvalue weighted by atomic mass is 32.2. The van der Waals surface area contributed by atoms with Gasteiger partial charge in [0, 0.05) is 12.1 Å². The predicted octanol–water partition coefficient (Wildman–Crippen LogP) is 2.90. The lowest BCUT2D eigenvalue weighted by Crippen LogP contribution is -2.14. The number of anilines is 1. The number of hydrogen-bond acceptors (Lipinski definition) is 7. The zero-order chi connectivity index (χ0) is 16.5. The van der Waals surface area contributed by atoms with E-state index in [2.05, 4.69) is 25.2 Å². The summed E-state index contributed by atoms with van der Waals surface area (Å²) in [4.78, 5) is 12.0. The van der Waals surface area contributed by atoms with E-state index in [0.29, 0.717) is 29.2 Å². The van der Waals surface area contributed by atoms with Crippen molar-refractivity contribution in [3.05, 3.63) is 30.2 Å². The van der Waals surface area contributed by atoms with E-state index in [9.17, 15) is 4.79 Å². The Morgan fingerprint density at radius 1 is 1.46 bits per heavy atom. The van der Waals surface area contributed by atoms with Gasteiger partial charge in [0.25, 0.3) is 0 Å². The Balaban J connectivity index is 1.46. The van der Waals surface area contributed by atoms with Gasteiger partial charge in [0.1, 0.15) is 5.76 Å². The maximum Gasteiger partial charge on any atom is 0.236 e. The highest BCUT2D eigenvalue weighted by Crippen LogP contribution is 2.41. The second kappa shape index (κ2) is 6.16. The molecule has 1 aliphatic carbocycles. The van der Waals surface area contributed by atoms with Gasteiger partial charge in [-0.15, -0.1) is 10.2 Å². The lowest BCUT2D eigenvalue weighted by atomic mass is 10.4. The van der Waals surface area contributed by atoms with Crippen LogP contribution in [0.5, 0.6) is 0 Å². The maximum absolute atomic E-state index is 12.0. The Bertz CT molecular complexity index is 850. The van der Waals surface area contributed by atoms with Crippen molar-refractivity contribution in [1.29, 1.82) is 0 Å². The number of furan rings is 1. The minimum Gasteiger partial charge on any atom is -0.461 e. The summed E-state index contributed by atoms with van der Waals surface area (Å²) >= 11 is 1.34. The molecule has 0 aromatic carbocycles. The topological polar surface area (TPSA) is 99.0 Å². The van der Waals surface area contributed by atoms with E-state index in [4.69, 9.17) is 8.94 Å². The van der Waals surface area contributed by atoms with Crippen LogP contribution in [0.2, 0.25) is 0 Å². The van der Waals surface area contributed by atoms with Gasteiger partial charge in [-0.3, -0.25) is 9.36 Å². The molecule has 4 rings (SSSR count). The average Bonchev–Trinajstić information content (AvgIpc) is 2.98. The van der Waals surface area contributed by atoms with E-state index in [1.165, 1.54) is 11.8 Å². The van der Waals surface area contributed by atoms with E-state index in [0.717, 1.165) is 18.0 Å². The molecule has 0 aliphatic heterocycles. The second-order valence-electron chi connectivity index (χ2n) is 5.54. The summed E-state index contributed by atoms with van der Waals surface area (Å²) in [6.07, 6.45) is 3.79. The van der Waals surface area contributed by atoms with Gasteiger partial charge >= 0.3 is 0 Å². The van der Waals surface area contributed by atoms with Gasteiger partial charge in [0.05, 0.1) is 12.0 Å². The number of thioether (sulfide) groups is 1. The molecule has 3 aromatic heterocycles. The summed E-state index contributed by atoms with van der Waals surface area (Å²) in [5, 5.41) is 15.6. The third-order valence-corrected chi connectivity index (χ3v) is 4.49. The van der Waals surface area contributed by atoms with Crippen LogP contribution < -0.4 is 5.32 Å². The zero-order valence-corrected chi connectivity index (χ0v) is 13.7. The van der Waals surface area contributed by atoms with Gasteiger partial charge < -0.3 is 14.3 Å². The average molecular weight is 345 g/mol. The first-order valence-electron chi connectivity index (χ1n) is 7.55. The van der Waals surface area contributed by atoms with Crippen LogP contribution in [0.4, 0.5) is 5.82 Å². The Kier molecular flexibility index (Phi) is 3.85. The molecule has 1 saturated carbocycles. The monoisotopic (exact) mass is 345 g/mol. The summed E-state index contributed by atoms with van der Waals surface area (Å²) in [5.74, 6) is 2.50. The number of carbonyl (C=O) groups is 1. The fourth-order valence-electron chi connectivity index (χ4n) is 2.35. The number of carbonyl (C=O) groups excluding carboxylic acids is 1. The van der Waals surface area contributed by atoms with Crippen LogP contribution in [0.1, 0.15) is 24.6 Å². The molecule has 1 amide bonds. The van der Waals surface area contributed by atoms with Crippen LogP contribution in [0.25, 0.3) is 11.6 Å². The Labute approximate surface area is 141 Å². The van der Waals surface area contributed by atoms with Crippen LogP contribution in [0.15, 0.2) is 38.6 Å². The molecule has 0 spiro atoms. The molecule has 3 aromatic rings. The van der Waals surface area contributed by atoms with Crippen molar-refractivity contribution in [3.63, 3.8) is 0 Å². The Morgan fingerprint density at radius 2 is 2.33 bits per heavy atom. The van der Waals surface area contributed by atoms with Crippen LogP contribution in [-0.2, 0) is 4.79 Å². The van der Waals surface area contributed by atoms with Crippen molar-refractivity contribution in [1.82, 2.24) is 19.9 Å². The predicted molar refractivity (Wildman–Crippen MR) is 86.6 cm³/mol. The second-order valence-corrected chi connectivity index (χ2v) is 6.49. The molecular weight excluding hydrogens is 330 g/mol. The fraction of sp³-hybridized carbons (Fsp3) is 0.333. The van der Waals surface area contributed by atoms with Gasteiger partial charge in [-0.2, -0.15) is 0 Å². The molecule has 0 bridgehead atoms. The Hall–Kier alpha value is -2.55. The molecule has 1 fully saturated rings. The lowest BCUT2D eigenvalue weighted by molar-refractivity contribution is -0.113. The molecule has 0 saturated heterocycles. The van der Waals surface area contributed by atoms with Gasteiger partial charge in [0.2, 0.25) is 11.7 Å². The Morgan fingerprint density at radius 3 is 3.00 bits per heavy atom. The van der Waals surface area contributed by atoms with Crippen LogP contribution in [0.3, 0.4) is 0 Å².